The molecule has 0 aliphatic heterocycles. The fourth-order valence-corrected chi connectivity index (χ4v) is 2.74. The van der Waals surface area contributed by atoms with Crippen LogP contribution < -0.4 is 14.8 Å². The van der Waals surface area contributed by atoms with E-state index in [9.17, 15) is 5.11 Å². The molecule has 29 heavy (non-hydrogen) atoms. The van der Waals surface area contributed by atoms with Gasteiger partial charge in [-0.2, -0.15) is 0 Å². The molecule has 7 nitrogen and oxygen atoms in total. The molecule has 162 valence electrons. The molecule has 0 aliphatic rings. The maximum atomic E-state index is 10.2. The van der Waals surface area contributed by atoms with Gasteiger partial charge in [0.2, 0.25) is 0 Å². The molecule has 2 N–H and O–H groups in total. The predicted octanol–water partition coefficient (Wildman–Crippen LogP) is 3.18. The van der Waals surface area contributed by atoms with Gasteiger partial charge in [0.25, 0.3) is 0 Å². The Bertz CT molecular complexity index is 745. The van der Waals surface area contributed by atoms with Gasteiger partial charge in [-0.15, -0.1) is 0 Å². The van der Waals surface area contributed by atoms with Crippen molar-refractivity contribution in [3.63, 3.8) is 0 Å². The number of likely N-dealkylation sites (N-methyl/N-ethyl adjacent to an activating group) is 1. The third kappa shape index (κ3) is 7.34. The Balaban J connectivity index is 1.85. The summed E-state index contributed by atoms with van der Waals surface area (Å²) in [5.74, 6) is 2.45. The van der Waals surface area contributed by atoms with E-state index in [0.717, 1.165) is 17.0 Å². The lowest BCUT2D eigenvalue weighted by atomic mass is 10.1. The predicted molar refractivity (Wildman–Crippen MR) is 113 cm³/mol. The number of ether oxygens (including phenoxy) is 2. The lowest BCUT2D eigenvalue weighted by Gasteiger charge is -2.24. The second-order valence-corrected chi connectivity index (χ2v) is 7.96. The minimum atomic E-state index is -0.564. The Labute approximate surface area is 174 Å². The molecule has 1 atom stereocenters. The molecule has 1 aromatic heterocycles. The maximum absolute atomic E-state index is 10.2. The number of nitrogens with one attached hydrogen (secondary N) is 1. The number of aliphatic hydroxyl groups is 1. The summed E-state index contributed by atoms with van der Waals surface area (Å²) in [7, 11) is 3.60. The third-order valence-electron chi connectivity index (χ3n) is 4.84. The molecule has 0 amide bonds. The van der Waals surface area contributed by atoms with Crippen LogP contribution in [0.15, 0.2) is 28.8 Å². The highest BCUT2D eigenvalue weighted by molar-refractivity contribution is 5.43. The Kier molecular flexibility index (Phi) is 8.95. The van der Waals surface area contributed by atoms with Gasteiger partial charge in [0.1, 0.15) is 12.7 Å². The van der Waals surface area contributed by atoms with E-state index in [1.165, 1.54) is 0 Å². The van der Waals surface area contributed by atoms with Crippen molar-refractivity contribution in [2.75, 3.05) is 27.3 Å². The van der Waals surface area contributed by atoms with Gasteiger partial charge in [0.15, 0.2) is 17.3 Å². The minimum absolute atomic E-state index is 0.217. The first-order chi connectivity index (χ1) is 13.8. The standard InChI is InChI=1S/C22H35N3O4/c1-15(2)20-10-19(29-24-20)12-23-11-17-7-8-21(22(9-17)27-6)28-14-18(26)13-25(5)16(3)4/h7-10,15-16,18,23,26H,11-14H2,1-6H3. The normalized spacial score (nSPS) is 12.8. The van der Waals surface area contributed by atoms with E-state index in [1.807, 2.05) is 31.3 Å². The summed E-state index contributed by atoms with van der Waals surface area (Å²) in [4.78, 5) is 2.08. The molecule has 2 rings (SSSR count). The van der Waals surface area contributed by atoms with Crippen molar-refractivity contribution >= 4 is 0 Å². The Morgan fingerprint density at radius 1 is 1.14 bits per heavy atom. The van der Waals surface area contributed by atoms with E-state index in [0.29, 0.717) is 43.1 Å². The topological polar surface area (TPSA) is 80.0 Å². The van der Waals surface area contributed by atoms with E-state index < -0.39 is 6.10 Å². The van der Waals surface area contributed by atoms with E-state index in [-0.39, 0.29) is 6.61 Å². The Hall–Kier alpha value is -2.09. The number of aliphatic hydroxyl groups excluding tert-OH is 1. The van der Waals surface area contributed by atoms with Gasteiger partial charge >= 0.3 is 0 Å². The van der Waals surface area contributed by atoms with Gasteiger partial charge in [-0.1, -0.05) is 25.1 Å². The lowest BCUT2D eigenvalue weighted by molar-refractivity contribution is 0.0668. The number of nitrogens with zero attached hydrogens (tertiary/aromatic N) is 2. The lowest BCUT2D eigenvalue weighted by Crippen LogP contribution is -2.36. The Morgan fingerprint density at radius 3 is 2.52 bits per heavy atom. The molecule has 1 heterocycles. The van der Waals surface area contributed by atoms with Gasteiger partial charge in [-0.3, -0.25) is 0 Å². The second-order valence-electron chi connectivity index (χ2n) is 7.96. The van der Waals surface area contributed by atoms with E-state index >= 15 is 0 Å². The zero-order valence-electron chi connectivity index (χ0n) is 18.4. The molecule has 0 radical (unpaired) electrons. The van der Waals surface area contributed by atoms with Gasteiger partial charge in [-0.25, -0.2) is 0 Å². The fourth-order valence-electron chi connectivity index (χ4n) is 2.74. The number of hydrogen-bond acceptors (Lipinski definition) is 7. The number of benzene rings is 1. The summed E-state index contributed by atoms with van der Waals surface area (Å²) in [6, 6.07) is 8.16. The highest BCUT2D eigenvalue weighted by Crippen LogP contribution is 2.28. The molecule has 1 aromatic carbocycles. The monoisotopic (exact) mass is 405 g/mol. The quantitative estimate of drug-likeness (QED) is 0.561. The summed E-state index contributed by atoms with van der Waals surface area (Å²) in [5.41, 5.74) is 2.03. The van der Waals surface area contributed by atoms with Crippen molar-refractivity contribution in [2.24, 2.45) is 0 Å². The molecular formula is C22H35N3O4. The highest BCUT2D eigenvalue weighted by Gasteiger charge is 2.13. The molecule has 0 saturated heterocycles. The maximum Gasteiger partial charge on any atom is 0.161 e. The number of hydrogen-bond donors (Lipinski definition) is 2. The van der Waals surface area contributed by atoms with Crippen LogP contribution in [0, 0.1) is 0 Å². The first-order valence-corrected chi connectivity index (χ1v) is 10.1. The molecule has 0 aliphatic carbocycles. The van der Waals surface area contributed by atoms with Crippen molar-refractivity contribution < 1.29 is 19.1 Å². The van der Waals surface area contributed by atoms with Crippen LogP contribution in [-0.4, -0.2) is 54.6 Å². The van der Waals surface area contributed by atoms with Crippen LogP contribution in [0.2, 0.25) is 0 Å². The third-order valence-corrected chi connectivity index (χ3v) is 4.84. The summed E-state index contributed by atoms with van der Waals surface area (Å²) in [6.07, 6.45) is -0.564. The summed E-state index contributed by atoms with van der Waals surface area (Å²) in [6.45, 7) is 10.4. The molecule has 0 saturated carbocycles. The first kappa shape index (κ1) is 23.2. The summed E-state index contributed by atoms with van der Waals surface area (Å²) >= 11 is 0. The zero-order chi connectivity index (χ0) is 21.4. The SMILES string of the molecule is COc1cc(CNCc2cc(C(C)C)no2)ccc1OCC(O)CN(C)C(C)C. The van der Waals surface area contributed by atoms with Crippen LogP contribution in [0.25, 0.3) is 0 Å². The molecule has 0 bridgehead atoms. The smallest absolute Gasteiger partial charge is 0.161 e. The zero-order valence-corrected chi connectivity index (χ0v) is 18.4. The second kappa shape index (κ2) is 11.2. The highest BCUT2D eigenvalue weighted by atomic mass is 16.5. The molecular weight excluding hydrogens is 370 g/mol. The Morgan fingerprint density at radius 2 is 1.90 bits per heavy atom. The average Bonchev–Trinajstić information content (AvgIpc) is 3.16. The summed E-state index contributed by atoms with van der Waals surface area (Å²) in [5, 5.41) is 17.6. The van der Waals surface area contributed by atoms with Crippen LogP contribution >= 0.6 is 0 Å². The van der Waals surface area contributed by atoms with Gasteiger partial charge < -0.3 is 29.3 Å². The molecule has 0 fully saturated rings. The average molecular weight is 406 g/mol. The van der Waals surface area contributed by atoms with Crippen molar-refractivity contribution in [3.05, 3.63) is 41.3 Å². The van der Waals surface area contributed by atoms with E-state index in [1.54, 1.807) is 7.11 Å². The van der Waals surface area contributed by atoms with Crippen molar-refractivity contribution in [1.29, 1.82) is 0 Å². The summed E-state index contributed by atoms with van der Waals surface area (Å²) < 4.78 is 16.6. The first-order valence-electron chi connectivity index (χ1n) is 10.1. The van der Waals surface area contributed by atoms with Gasteiger partial charge in [0.05, 0.1) is 19.3 Å². The van der Waals surface area contributed by atoms with Crippen LogP contribution in [0.3, 0.4) is 0 Å². The van der Waals surface area contributed by atoms with E-state index in [4.69, 9.17) is 14.0 Å². The van der Waals surface area contributed by atoms with E-state index in [2.05, 4.69) is 43.1 Å². The molecule has 0 spiro atoms. The van der Waals surface area contributed by atoms with Crippen LogP contribution in [-0.2, 0) is 13.1 Å². The molecule has 2 aromatic rings. The largest absolute Gasteiger partial charge is 0.493 e. The number of aromatic nitrogens is 1. The van der Waals surface area contributed by atoms with Crippen molar-refractivity contribution in [3.8, 4) is 11.5 Å². The van der Waals surface area contributed by atoms with Crippen LogP contribution in [0.4, 0.5) is 0 Å². The fraction of sp³-hybridized carbons (Fsp3) is 0.591. The molecule has 1 unspecified atom stereocenters. The van der Waals surface area contributed by atoms with Crippen molar-refractivity contribution in [2.45, 2.75) is 58.8 Å². The minimum Gasteiger partial charge on any atom is -0.493 e. The molecule has 7 heteroatoms. The van der Waals surface area contributed by atoms with Crippen LogP contribution in [0.5, 0.6) is 11.5 Å². The van der Waals surface area contributed by atoms with Crippen molar-refractivity contribution in [1.82, 2.24) is 15.4 Å². The number of rotatable bonds is 12. The van der Waals surface area contributed by atoms with Gasteiger partial charge in [0, 0.05) is 25.2 Å². The van der Waals surface area contributed by atoms with Gasteiger partial charge in [-0.05, 0) is 44.5 Å². The number of methoxy groups -OCH3 is 1. The van der Waals surface area contributed by atoms with Crippen LogP contribution in [0.1, 0.15) is 50.6 Å².